The first-order valence-corrected chi connectivity index (χ1v) is 5.12. The van der Waals surface area contributed by atoms with Crippen LogP contribution < -0.4 is 0 Å². The molecule has 0 amide bonds. The van der Waals surface area contributed by atoms with E-state index in [2.05, 4.69) is 11.6 Å². The van der Waals surface area contributed by atoms with Gasteiger partial charge >= 0.3 is 0 Å². The molecule has 1 N–H and O–H groups in total. The number of benzene rings is 1. The molecule has 0 aliphatic carbocycles. The Hall–Kier alpha value is -1.93. The van der Waals surface area contributed by atoms with Crippen LogP contribution in [-0.4, -0.2) is 10.1 Å². The molecule has 2 aromatic rings. The van der Waals surface area contributed by atoms with Crippen LogP contribution in [0.1, 0.15) is 16.8 Å². The minimum atomic E-state index is 0.0450. The lowest BCUT2D eigenvalue weighted by Gasteiger charge is -2.06. The minimum absolute atomic E-state index is 0.0450. The van der Waals surface area contributed by atoms with Crippen LogP contribution in [0.15, 0.2) is 55.2 Å². The molecule has 2 heteroatoms. The summed E-state index contributed by atoms with van der Waals surface area (Å²) in [6.07, 6.45) is 1.75. The first-order chi connectivity index (χ1) is 7.81. The highest BCUT2D eigenvalue weighted by molar-refractivity contribution is 5.76. The highest BCUT2D eigenvalue weighted by Gasteiger charge is 2.03. The molecule has 2 nitrogen and oxygen atoms in total. The van der Waals surface area contributed by atoms with Gasteiger partial charge in [0.15, 0.2) is 0 Å². The summed E-state index contributed by atoms with van der Waals surface area (Å²) >= 11 is 0. The third-order valence-corrected chi connectivity index (χ3v) is 2.43. The number of nitrogens with zero attached hydrogens (tertiary/aromatic N) is 1. The lowest BCUT2D eigenvalue weighted by atomic mass is 10.0. The minimum Gasteiger partial charge on any atom is -0.392 e. The Labute approximate surface area is 94.9 Å². The van der Waals surface area contributed by atoms with Crippen molar-refractivity contribution in [3.8, 4) is 0 Å². The summed E-state index contributed by atoms with van der Waals surface area (Å²) in [7, 11) is 0. The molecule has 2 rings (SSSR count). The Morgan fingerprint density at radius 2 is 2.06 bits per heavy atom. The maximum absolute atomic E-state index is 9.07. The predicted octanol–water partition coefficient (Wildman–Crippen LogP) is 2.64. The van der Waals surface area contributed by atoms with Crippen LogP contribution >= 0.6 is 0 Å². The Balaban J connectivity index is 2.34. The Morgan fingerprint density at radius 1 is 1.19 bits per heavy atom. The number of hydrogen-bond donors (Lipinski definition) is 1. The summed E-state index contributed by atoms with van der Waals surface area (Å²) in [5.41, 5.74) is 3.60. The SMILES string of the molecule is C=C(c1cccc(CO)c1)c1ccccn1. The molecule has 80 valence electrons. The monoisotopic (exact) mass is 211 g/mol. The van der Waals surface area contributed by atoms with Crippen LogP contribution in [0.25, 0.3) is 5.57 Å². The molecule has 0 aliphatic rings. The van der Waals surface area contributed by atoms with E-state index < -0.39 is 0 Å². The van der Waals surface area contributed by atoms with Crippen molar-refractivity contribution in [1.29, 1.82) is 0 Å². The molecule has 0 aliphatic heterocycles. The van der Waals surface area contributed by atoms with Gasteiger partial charge in [0.2, 0.25) is 0 Å². The zero-order valence-corrected chi connectivity index (χ0v) is 8.93. The van der Waals surface area contributed by atoms with Gasteiger partial charge in [0.05, 0.1) is 12.3 Å². The van der Waals surface area contributed by atoms with Crippen molar-refractivity contribution in [3.63, 3.8) is 0 Å². The van der Waals surface area contributed by atoms with E-state index in [4.69, 9.17) is 5.11 Å². The predicted molar refractivity (Wildman–Crippen MR) is 64.7 cm³/mol. The quantitative estimate of drug-likeness (QED) is 0.846. The van der Waals surface area contributed by atoms with Crippen molar-refractivity contribution < 1.29 is 5.11 Å². The summed E-state index contributed by atoms with van der Waals surface area (Å²) in [5, 5.41) is 9.07. The highest BCUT2D eigenvalue weighted by Crippen LogP contribution is 2.20. The molecule has 0 fully saturated rings. The van der Waals surface area contributed by atoms with E-state index in [0.717, 1.165) is 22.4 Å². The van der Waals surface area contributed by atoms with Gasteiger partial charge in [0.1, 0.15) is 0 Å². The van der Waals surface area contributed by atoms with E-state index in [1.165, 1.54) is 0 Å². The molecular formula is C14H13NO. The summed E-state index contributed by atoms with van der Waals surface area (Å²) in [4.78, 5) is 4.25. The number of aliphatic hydroxyl groups excluding tert-OH is 1. The van der Waals surface area contributed by atoms with E-state index in [9.17, 15) is 0 Å². The molecule has 0 bridgehead atoms. The van der Waals surface area contributed by atoms with E-state index in [1.807, 2.05) is 42.5 Å². The van der Waals surface area contributed by atoms with Gasteiger partial charge in [-0.15, -0.1) is 0 Å². The third-order valence-electron chi connectivity index (χ3n) is 2.43. The van der Waals surface area contributed by atoms with Crippen molar-refractivity contribution in [2.75, 3.05) is 0 Å². The van der Waals surface area contributed by atoms with E-state index in [1.54, 1.807) is 6.20 Å². The molecule has 0 saturated carbocycles. The summed E-state index contributed by atoms with van der Waals surface area (Å²) in [6.45, 7) is 4.07. The highest BCUT2D eigenvalue weighted by atomic mass is 16.3. The Kier molecular flexibility index (Phi) is 3.13. The van der Waals surface area contributed by atoms with Crippen molar-refractivity contribution in [1.82, 2.24) is 4.98 Å². The molecule has 0 radical (unpaired) electrons. The molecule has 0 unspecified atom stereocenters. The van der Waals surface area contributed by atoms with Gasteiger partial charge in [0.25, 0.3) is 0 Å². The number of hydrogen-bond acceptors (Lipinski definition) is 2. The van der Waals surface area contributed by atoms with Crippen LogP contribution in [0.3, 0.4) is 0 Å². The van der Waals surface area contributed by atoms with Crippen molar-refractivity contribution in [3.05, 3.63) is 72.1 Å². The first kappa shape index (κ1) is 10.6. The number of aliphatic hydroxyl groups is 1. The van der Waals surface area contributed by atoms with Crippen LogP contribution in [-0.2, 0) is 6.61 Å². The zero-order valence-electron chi connectivity index (χ0n) is 8.93. The normalized spacial score (nSPS) is 10.1. The number of pyridine rings is 1. The van der Waals surface area contributed by atoms with Crippen LogP contribution in [0.4, 0.5) is 0 Å². The van der Waals surface area contributed by atoms with E-state index in [0.29, 0.717) is 0 Å². The average Bonchev–Trinajstić information content (AvgIpc) is 2.39. The fourth-order valence-corrected chi connectivity index (χ4v) is 1.55. The lowest BCUT2D eigenvalue weighted by Crippen LogP contribution is -1.91. The summed E-state index contributed by atoms with van der Waals surface area (Å²) < 4.78 is 0. The molecule has 1 heterocycles. The molecule has 0 saturated heterocycles. The molecule has 1 aromatic heterocycles. The van der Waals surface area contributed by atoms with Gasteiger partial charge in [0, 0.05) is 11.8 Å². The molecule has 0 spiro atoms. The second-order valence-electron chi connectivity index (χ2n) is 3.55. The van der Waals surface area contributed by atoms with Crippen molar-refractivity contribution in [2.45, 2.75) is 6.61 Å². The van der Waals surface area contributed by atoms with Gasteiger partial charge < -0.3 is 5.11 Å². The maximum Gasteiger partial charge on any atom is 0.0702 e. The average molecular weight is 211 g/mol. The second kappa shape index (κ2) is 4.73. The lowest BCUT2D eigenvalue weighted by molar-refractivity contribution is 0.282. The van der Waals surface area contributed by atoms with Crippen LogP contribution in [0.5, 0.6) is 0 Å². The standard InChI is InChI=1S/C14H13NO/c1-11(14-7-2-3-8-15-14)13-6-4-5-12(9-13)10-16/h2-9,16H,1,10H2. The van der Waals surface area contributed by atoms with Crippen LogP contribution in [0.2, 0.25) is 0 Å². The van der Waals surface area contributed by atoms with E-state index >= 15 is 0 Å². The molecule has 1 aromatic carbocycles. The molecular weight excluding hydrogens is 198 g/mol. The van der Waals surface area contributed by atoms with Crippen LogP contribution in [0, 0.1) is 0 Å². The topological polar surface area (TPSA) is 33.1 Å². The van der Waals surface area contributed by atoms with Gasteiger partial charge in [-0.1, -0.05) is 30.8 Å². The largest absolute Gasteiger partial charge is 0.392 e. The van der Waals surface area contributed by atoms with Gasteiger partial charge in [-0.25, -0.2) is 0 Å². The van der Waals surface area contributed by atoms with Crippen molar-refractivity contribution in [2.24, 2.45) is 0 Å². The molecule has 0 atom stereocenters. The smallest absolute Gasteiger partial charge is 0.0702 e. The third kappa shape index (κ3) is 2.18. The zero-order chi connectivity index (χ0) is 11.4. The second-order valence-corrected chi connectivity index (χ2v) is 3.55. The first-order valence-electron chi connectivity index (χ1n) is 5.12. The number of aromatic nitrogens is 1. The van der Waals surface area contributed by atoms with E-state index in [-0.39, 0.29) is 6.61 Å². The Morgan fingerprint density at radius 3 is 2.75 bits per heavy atom. The summed E-state index contributed by atoms with van der Waals surface area (Å²) in [5.74, 6) is 0. The molecule has 16 heavy (non-hydrogen) atoms. The van der Waals surface area contributed by atoms with Gasteiger partial charge in [-0.2, -0.15) is 0 Å². The van der Waals surface area contributed by atoms with Gasteiger partial charge in [-0.3, -0.25) is 4.98 Å². The van der Waals surface area contributed by atoms with Crippen molar-refractivity contribution >= 4 is 5.57 Å². The number of rotatable bonds is 3. The maximum atomic E-state index is 9.07. The summed E-state index contributed by atoms with van der Waals surface area (Å²) in [6, 6.07) is 13.4. The fourth-order valence-electron chi connectivity index (χ4n) is 1.55. The van der Waals surface area contributed by atoms with Gasteiger partial charge in [-0.05, 0) is 29.3 Å². The Bertz CT molecular complexity index is 491. The fraction of sp³-hybridized carbons (Fsp3) is 0.0714.